The Kier molecular flexibility index (Phi) is 6.62. The molecule has 0 saturated carbocycles. The molecule has 1 N–H and O–H groups in total. The van der Waals surface area contributed by atoms with Gasteiger partial charge in [0, 0.05) is 22.6 Å². The maximum atomic E-state index is 13.9. The van der Waals surface area contributed by atoms with Gasteiger partial charge in [0.05, 0.1) is 12.7 Å². The second kappa shape index (κ2) is 8.23. The van der Waals surface area contributed by atoms with Crippen molar-refractivity contribution in [2.45, 2.75) is 31.9 Å². The molecule has 1 aliphatic heterocycles. The van der Waals surface area contributed by atoms with Crippen LogP contribution >= 0.6 is 23.4 Å². The molecule has 112 valence electrons. The van der Waals surface area contributed by atoms with Gasteiger partial charge in [-0.2, -0.15) is 11.8 Å². The minimum absolute atomic E-state index is 0.148. The minimum atomic E-state index is -0.232. The highest BCUT2D eigenvalue weighted by atomic mass is 35.5. The molecule has 1 aromatic rings. The van der Waals surface area contributed by atoms with Crippen LogP contribution in [0, 0.1) is 5.82 Å². The van der Waals surface area contributed by atoms with E-state index in [0.717, 1.165) is 31.1 Å². The molecular formula is C15H21ClFNOS. The van der Waals surface area contributed by atoms with Crippen LogP contribution in [0.4, 0.5) is 4.39 Å². The van der Waals surface area contributed by atoms with Crippen molar-refractivity contribution in [1.29, 1.82) is 0 Å². The molecule has 0 amide bonds. The molecule has 0 radical (unpaired) electrons. The summed E-state index contributed by atoms with van der Waals surface area (Å²) in [5.41, 5.74) is 0.696. The van der Waals surface area contributed by atoms with E-state index in [4.69, 9.17) is 16.3 Å². The smallest absolute Gasteiger partial charge is 0.127 e. The number of thioether (sulfide) groups is 1. The van der Waals surface area contributed by atoms with Crippen molar-refractivity contribution >= 4 is 23.4 Å². The van der Waals surface area contributed by atoms with Crippen LogP contribution in [0.25, 0.3) is 0 Å². The molecule has 20 heavy (non-hydrogen) atoms. The minimum Gasteiger partial charge on any atom is -0.375 e. The van der Waals surface area contributed by atoms with Crippen molar-refractivity contribution < 1.29 is 9.13 Å². The third kappa shape index (κ3) is 4.62. The summed E-state index contributed by atoms with van der Waals surface area (Å²) < 4.78 is 19.8. The average molecular weight is 318 g/mol. The third-order valence-electron chi connectivity index (χ3n) is 3.40. The van der Waals surface area contributed by atoms with Crippen molar-refractivity contribution in [3.05, 3.63) is 34.6 Å². The van der Waals surface area contributed by atoms with Gasteiger partial charge in [0.1, 0.15) is 5.82 Å². The first kappa shape index (κ1) is 16.1. The molecule has 2 atom stereocenters. The van der Waals surface area contributed by atoms with Gasteiger partial charge in [0.25, 0.3) is 0 Å². The van der Waals surface area contributed by atoms with Gasteiger partial charge in [-0.25, -0.2) is 4.39 Å². The molecule has 0 aliphatic carbocycles. The van der Waals surface area contributed by atoms with Gasteiger partial charge in [-0.1, -0.05) is 24.6 Å². The van der Waals surface area contributed by atoms with Gasteiger partial charge in [-0.05, 0) is 37.1 Å². The highest BCUT2D eigenvalue weighted by Gasteiger charge is 2.25. The van der Waals surface area contributed by atoms with Crippen LogP contribution in [0.15, 0.2) is 18.2 Å². The standard InChI is InChI=1S/C15H21ClFNOS/c1-2-5-18-14(15-10-20-7-6-19-15)8-11-3-4-12(16)9-13(11)17/h3-4,9,14-15,18H,2,5-8,10H2,1H3. The molecule has 5 heteroatoms. The monoisotopic (exact) mass is 317 g/mol. The fourth-order valence-electron chi connectivity index (χ4n) is 2.33. The summed E-state index contributed by atoms with van der Waals surface area (Å²) in [5.74, 6) is 1.78. The summed E-state index contributed by atoms with van der Waals surface area (Å²) in [7, 11) is 0. The van der Waals surface area contributed by atoms with E-state index in [0.29, 0.717) is 17.0 Å². The van der Waals surface area contributed by atoms with Gasteiger partial charge in [-0.3, -0.25) is 0 Å². The van der Waals surface area contributed by atoms with E-state index in [1.807, 2.05) is 11.8 Å². The predicted octanol–water partition coefficient (Wildman–Crippen LogP) is 3.52. The van der Waals surface area contributed by atoms with Gasteiger partial charge in [0.15, 0.2) is 0 Å². The highest BCUT2D eigenvalue weighted by molar-refractivity contribution is 7.99. The van der Waals surface area contributed by atoms with E-state index in [9.17, 15) is 4.39 Å². The number of benzene rings is 1. The number of ether oxygens (including phenoxy) is 1. The molecule has 1 fully saturated rings. The molecule has 2 rings (SSSR count). The van der Waals surface area contributed by atoms with Crippen molar-refractivity contribution in [1.82, 2.24) is 5.32 Å². The van der Waals surface area contributed by atoms with Crippen LogP contribution in [-0.2, 0) is 11.2 Å². The zero-order chi connectivity index (χ0) is 14.4. The third-order valence-corrected chi connectivity index (χ3v) is 4.66. The highest BCUT2D eigenvalue weighted by Crippen LogP contribution is 2.21. The van der Waals surface area contributed by atoms with Crippen LogP contribution in [0.3, 0.4) is 0 Å². The summed E-state index contributed by atoms with van der Waals surface area (Å²) in [5, 5.41) is 3.93. The second-order valence-electron chi connectivity index (χ2n) is 4.98. The number of nitrogens with one attached hydrogen (secondary N) is 1. The summed E-state index contributed by atoms with van der Waals surface area (Å²) >= 11 is 7.70. The first-order chi connectivity index (χ1) is 9.70. The van der Waals surface area contributed by atoms with E-state index < -0.39 is 0 Å². The lowest BCUT2D eigenvalue weighted by atomic mass is 10.0. The molecule has 0 aromatic heterocycles. The van der Waals surface area contributed by atoms with Crippen LogP contribution in [0.1, 0.15) is 18.9 Å². The molecule has 0 spiro atoms. The zero-order valence-electron chi connectivity index (χ0n) is 11.7. The Hall–Kier alpha value is -0.290. The first-order valence-corrected chi connectivity index (χ1v) is 8.60. The quantitative estimate of drug-likeness (QED) is 0.867. The van der Waals surface area contributed by atoms with E-state index >= 15 is 0 Å². The zero-order valence-corrected chi connectivity index (χ0v) is 13.3. The fourth-order valence-corrected chi connectivity index (χ4v) is 3.43. The molecule has 0 bridgehead atoms. The Morgan fingerprint density at radius 3 is 3.05 bits per heavy atom. The SMILES string of the molecule is CCCNC(Cc1ccc(Cl)cc1F)C1CSCCO1. The molecular weight excluding hydrogens is 297 g/mol. The van der Waals surface area contributed by atoms with Crippen LogP contribution in [0.2, 0.25) is 5.02 Å². The van der Waals surface area contributed by atoms with Gasteiger partial charge >= 0.3 is 0 Å². The maximum absolute atomic E-state index is 13.9. The molecule has 1 aliphatic rings. The van der Waals surface area contributed by atoms with Gasteiger partial charge < -0.3 is 10.1 Å². The van der Waals surface area contributed by atoms with E-state index in [1.165, 1.54) is 6.07 Å². The maximum Gasteiger partial charge on any atom is 0.127 e. The number of hydrogen-bond acceptors (Lipinski definition) is 3. The summed E-state index contributed by atoms with van der Waals surface area (Å²) in [6.07, 6.45) is 1.84. The Labute approximate surface area is 129 Å². The Bertz CT molecular complexity index is 426. The first-order valence-electron chi connectivity index (χ1n) is 7.07. The lowest BCUT2D eigenvalue weighted by Gasteiger charge is -2.31. The van der Waals surface area contributed by atoms with Crippen molar-refractivity contribution in [3.8, 4) is 0 Å². The molecule has 2 unspecified atom stereocenters. The second-order valence-corrected chi connectivity index (χ2v) is 6.57. The summed E-state index contributed by atoms with van der Waals surface area (Å²) in [6.45, 7) is 3.83. The molecule has 1 saturated heterocycles. The summed E-state index contributed by atoms with van der Waals surface area (Å²) in [4.78, 5) is 0. The Morgan fingerprint density at radius 2 is 2.40 bits per heavy atom. The fraction of sp³-hybridized carbons (Fsp3) is 0.600. The Morgan fingerprint density at radius 1 is 1.55 bits per heavy atom. The number of halogens is 2. The van der Waals surface area contributed by atoms with Crippen LogP contribution < -0.4 is 5.32 Å². The lowest BCUT2D eigenvalue weighted by molar-refractivity contribution is 0.0470. The van der Waals surface area contributed by atoms with Crippen molar-refractivity contribution in [2.75, 3.05) is 24.7 Å². The molecule has 2 nitrogen and oxygen atoms in total. The molecule has 1 aromatic carbocycles. The van der Waals surface area contributed by atoms with Crippen molar-refractivity contribution in [2.24, 2.45) is 0 Å². The van der Waals surface area contributed by atoms with E-state index in [-0.39, 0.29) is 18.0 Å². The van der Waals surface area contributed by atoms with Crippen LogP contribution in [0.5, 0.6) is 0 Å². The van der Waals surface area contributed by atoms with Crippen molar-refractivity contribution in [3.63, 3.8) is 0 Å². The topological polar surface area (TPSA) is 21.3 Å². The number of rotatable bonds is 6. The van der Waals surface area contributed by atoms with Crippen LogP contribution in [-0.4, -0.2) is 36.8 Å². The van der Waals surface area contributed by atoms with E-state index in [2.05, 4.69) is 12.2 Å². The van der Waals surface area contributed by atoms with E-state index in [1.54, 1.807) is 12.1 Å². The summed E-state index contributed by atoms with van der Waals surface area (Å²) in [6, 6.07) is 5.05. The average Bonchev–Trinajstić information content (AvgIpc) is 2.46. The lowest BCUT2D eigenvalue weighted by Crippen LogP contribution is -2.46. The largest absolute Gasteiger partial charge is 0.375 e. The van der Waals surface area contributed by atoms with Gasteiger partial charge in [-0.15, -0.1) is 0 Å². The Balaban J connectivity index is 2.05. The number of hydrogen-bond donors (Lipinski definition) is 1. The normalized spacial score (nSPS) is 20.9. The molecule has 1 heterocycles. The van der Waals surface area contributed by atoms with Gasteiger partial charge in [0.2, 0.25) is 0 Å². The predicted molar refractivity (Wildman–Crippen MR) is 84.3 cm³/mol.